The van der Waals surface area contributed by atoms with Crippen molar-refractivity contribution in [1.82, 2.24) is 9.97 Å². The average Bonchev–Trinajstić information content (AvgIpc) is 2.47. The van der Waals surface area contributed by atoms with Crippen LogP contribution in [0, 0.1) is 6.92 Å². The predicted molar refractivity (Wildman–Crippen MR) is 74.9 cm³/mol. The first-order valence-corrected chi connectivity index (χ1v) is 5.93. The highest BCUT2D eigenvalue weighted by molar-refractivity contribution is 5.63. The normalized spacial score (nSPS) is 10.1. The fraction of sp³-hybridized carbons (Fsp3) is 0.286. The van der Waals surface area contributed by atoms with Crippen LogP contribution < -0.4 is 14.8 Å². The van der Waals surface area contributed by atoms with Gasteiger partial charge in [-0.25, -0.2) is 9.97 Å². The summed E-state index contributed by atoms with van der Waals surface area (Å²) in [4.78, 5) is 8.81. The van der Waals surface area contributed by atoms with Gasteiger partial charge in [0.25, 0.3) is 0 Å². The third-order valence-electron chi connectivity index (χ3n) is 2.85. The molecule has 100 valence electrons. The van der Waals surface area contributed by atoms with Crippen molar-refractivity contribution in [3.63, 3.8) is 0 Å². The van der Waals surface area contributed by atoms with E-state index in [-0.39, 0.29) is 0 Å². The molecule has 19 heavy (non-hydrogen) atoms. The summed E-state index contributed by atoms with van der Waals surface area (Å²) in [5.41, 5.74) is 1.89. The largest absolute Gasteiger partial charge is 0.493 e. The topological polar surface area (TPSA) is 56.3 Å². The number of hydrogen-bond acceptors (Lipinski definition) is 5. The second-order valence-electron chi connectivity index (χ2n) is 4.04. The van der Waals surface area contributed by atoms with Crippen LogP contribution in [0.3, 0.4) is 0 Å². The molecule has 0 atom stereocenters. The molecule has 0 saturated heterocycles. The van der Waals surface area contributed by atoms with Crippen molar-refractivity contribution >= 4 is 5.82 Å². The van der Waals surface area contributed by atoms with Gasteiger partial charge in [-0.2, -0.15) is 0 Å². The lowest BCUT2D eigenvalue weighted by molar-refractivity contribution is 0.355. The van der Waals surface area contributed by atoms with Crippen LogP contribution >= 0.6 is 0 Å². The molecule has 0 amide bonds. The third kappa shape index (κ3) is 2.59. The first-order valence-electron chi connectivity index (χ1n) is 5.93. The van der Waals surface area contributed by atoms with Crippen molar-refractivity contribution in [3.8, 4) is 22.9 Å². The molecule has 1 N–H and O–H groups in total. The Bertz CT molecular complexity index is 585. The van der Waals surface area contributed by atoms with Crippen molar-refractivity contribution in [2.45, 2.75) is 6.92 Å². The van der Waals surface area contributed by atoms with Gasteiger partial charge in [-0.3, -0.25) is 0 Å². The van der Waals surface area contributed by atoms with Crippen LogP contribution in [0.5, 0.6) is 11.5 Å². The van der Waals surface area contributed by atoms with Crippen LogP contribution in [-0.4, -0.2) is 31.2 Å². The number of aromatic nitrogens is 2. The summed E-state index contributed by atoms with van der Waals surface area (Å²) in [5.74, 6) is 2.82. The maximum absolute atomic E-state index is 5.28. The molecule has 5 heteroatoms. The fourth-order valence-corrected chi connectivity index (χ4v) is 1.81. The molecule has 0 fully saturated rings. The molecule has 0 bridgehead atoms. The van der Waals surface area contributed by atoms with Crippen LogP contribution in [-0.2, 0) is 0 Å². The molecule has 0 unspecified atom stereocenters. The number of nitrogens with zero attached hydrogens (tertiary/aromatic N) is 2. The highest BCUT2D eigenvalue weighted by Crippen LogP contribution is 2.31. The Labute approximate surface area is 112 Å². The SMILES string of the molecule is CNc1nc(-c2ccc(OC)c(OC)c2)ncc1C. The lowest BCUT2D eigenvalue weighted by Crippen LogP contribution is -1.99. The number of hydrogen-bond donors (Lipinski definition) is 1. The zero-order valence-electron chi connectivity index (χ0n) is 11.5. The van der Waals surface area contributed by atoms with Crippen molar-refractivity contribution < 1.29 is 9.47 Å². The molecule has 2 aromatic rings. The lowest BCUT2D eigenvalue weighted by Gasteiger charge is -2.10. The molecular weight excluding hydrogens is 242 g/mol. The molecule has 0 aliphatic carbocycles. The number of anilines is 1. The summed E-state index contributed by atoms with van der Waals surface area (Å²) in [6, 6.07) is 5.62. The summed E-state index contributed by atoms with van der Waals surface area (Å²) in [6.07, 6.45) is 1.80. The van der Waals surface area contributed by atoms with Crippen LogP contribution in [0.25, 0.3) is 11.4 Å². The van der Waals surface area contributed by atoms with Crippen LogP contribution in [0.1, 0.15) is 5.56 Å². The van der Waals surface area contributed by atoms with E-state index in [9.17, 15) is 0 Å². The highest BCUT2D eigenvalue weighted by atomic mass is 16.5. The van der Waals surface area contributed by atoms with Gasteiger partial charge < -0.3 is 14.8 Å². The smallest absolute Gasteiger partial charge is 0.161 e. The van der Waals surface area contributed by atoms with E-state index in [0.29, 0.717) is 17.3 Å². The van der Waals surface area contributed by atoms with E-state index >= 15 is 0 Å². The van der Waals surface area contributed by atoms with Gasteiger partial charge >= 0.3 is 0 Å². The van der Waals surface area contributed by atoms with Crippen molar-refractivity contribution in [2.75, 3.05) is 26.6 Å². The standard InChI is InChI=1S/C14H17N3O2/c1-9-8-16-14(17-13(9)15-2)10-5-6-11(18-3)12(7-10)19-4/h5-8H,1-4H3,(H,15,16,17). The Morgan fingerprint density at radius 2 is 1.84 bits per heavy atom. The Balaban J connectivity index is 2.47. The van der Waals surface area contributed by atoms with Gasteiger partial charge in [-0.1, -0.05) is 0 Å². The van der Waals surface area contributed by atoms with E-state index in [1.165, 1.54) is 0 Å². The molecule has 1 heterocycles. The molecule has 2 rings (SSSR count). The summed E-state index contributed by atoms with van der Waals surface area (Å²) >= 11 is 0. The quantitative estimate of drug-likeness (QED) is 0.914. The minimum Gasteiger partial charge on any atom is -0.493 e. The highest BCUT2D eigenvalue weighted by Gasteiger charge is 2.09. The van der Waals surface area contributed by atoms with Crippen molar-refractivity contribution in [2.24, 2.45) is 0 Å². The number of aryl methyl sites for hydroxylation is 1. The molecule has 1 aromatic carbocycles. The van der Waals surface area contributed by atoms with Gasteiger partial charge in [0.1, 0.15) is 5.82 Å². The summed E-state index contributed by atoms with van der Waals surface area (Å²) in [7, 11) is 5.06. The number of nitrogens with one attached hydrogen (secondary N) is 1. The maximum atomic E-state index is 5.28. The van der Waals surface area contributed by atoms with Gasteiger partial charge in [-0.05, 0) is 25.1 Å². The first-order chi connectivity index (χ1) is 9.19. The van der Waals surface area contributed by atoms with Crippen LogP contribution in [0.4, 0.5) is 5.82 Å². The second-order valence-corrected chi connectivity index (χ2v) is 4.04. The monoisotopic (exact) mass is 259 g/mol. The molecule has 0 saturated carbocycles. The van der Waals surface area contributed by atoms with E-state index in [4.69, 9.17) is 9.47 Å². The molecule has 0 radical (unpaired) electrons. The van der Waals surface area contributed by atoms with E-state index < -0.39 is 0 Å². The van der Waals surface area contributed by atoms with Gasteiger partial charge in [0.15, 0.2) is 17.3 Å². The maximum Gasteiger partial charge on any atom is 0.161 e. The Kier molecular flexibility index (Phi) is 3.85. The third-order valence-corrected chi connectivity index (χ3v) is 2.85. The Morgan fingerprint density at radius 3 is 2.47 bits per heavy atom. The molecule has 5 nitrogen and oxygen atoms in total. The van der Waals surface area contributed by atoms with Gasteiger partial charge in [-0.15, -0.1) is 0 Å². The van der Waals surface area contributed by atoms with Crippen molar-refractivity contribution in [3.05, 3.63) is 30.0 Å². The molecule has 0 aliphatic rings. The number of rotatable bonds is 4. The lowest BCUT2D eigenvalue weighted by atomic mass is 10.2. The Morgan fingerprint density at radius 1 is 1.11 bits per heavy atom. The first kappa shape index (κ1) is 13.1. The molecule has 0 spiro atoms. The summed E-state index contributed by atoms with van der Waals surface area (Å²) in [5, 5.41) is 3.05. The molecule has 1 aromatic heterocycles. The summed E-state index contributed by atoms with van der Waals surface area (Å²) < 4.78 is 10.5. The van der Waals surface area contributed by atoms with Crippen LogP contribution in [0.2, 0.25) is 0 Å². The van der Waals surface area contributed by atoms with Gasteiger partial charge in [0.05, 0.1) is 14.2 Å². The average molecular weight is 259 g/mol. The fourth-order valence-electron chi connectivity index (χ4n) is 1.81. The van der Waals surface area contributed by atoms with E-state index in [1.807, 2.05) is 32.2 Å². The molecular formula is C14H17N3O2. The molecule has 0 aliphatic heterocycles. The van der Waals surface area contributed by atoms with Crippen molar-refractivity contribution in [1.29, 1.82) is 0 Å². The minimum atomic E-state index is 0.649. The number of methoxy groups -OCH3 is 2. The predicted octanol–water partition coefficient (Wildman–Crippen LogP) is 2.51. The number of benzene rings is 1. The summed E-state index contributed by atoms with van der Waals surface area (Å²) in [6.45, 7) is 1.96. The van der Waals surface area contributed by atoms with Gasteiger partial charge in [0, 0.05) is 24.4 Å². The zero-order chi connectivity index (χ0) is 13.8. The second kappa shape index (κ2) is 5.56. The number of ether oxygens (including phenoxy) is 2. The van der Waals surface area contributed by atoms with Crippen LogP contribution in [0.15, 0.2) is 24.4 Å². The zero-order valence-corrected chi connectivity index (χ0v) is 11.5. The minimum absolute atomic E-state index is 0.649. The van der Waals surface area contributed by atoms with E-state index in [2.05, 4.69) is 15.3 Å². The Hall–Kier alpha value is -2.30. The van der Waals surface area contributed by atoms with E-state index in [1.54, 1.807) is 20.4 Å². The van der Waals surface area contributed by atoms with Gasteiger partial charge in [0.2, 0.25) is 0 Å². The van der Waals surface area contributed by atoms with E-state index in [0.717, 1.165) is 16.9 Å².